The molecule has 0 saturated carbocycles. The number of rotatable bonds is 9. The summed E-state index contributed by atoms with van der Waals surface area (Å²) in [6.07, 6.45) is -0.531. The summed E-state index contributed by atoms with van der Waals surface area (Å²) in [6.45, 7) is 9.74. The third-order valence-electron chi connectivity index (χ3n) is 4.30. The summed E-state index contributed by atoms with van der Waals surface area (Å²) in [7, 11) is 0. The van der Waals surface area contributed by atoms with Gasteiger partial charge >= 0.3 is 6.18 Å². The lowest BCUT2D eigenvalue weighted by atomic mass is 9.99. The van der Waals surface area contributed by atoms with Crippen molar-refractivity contribution in [2.75, 3.05) is 39.3 Å². The third kappa shape index (κ3) is 13.6. The van der Waals surface area contributed by atoms with Gasteiger partial charge in [-0.2, -0.15) is 13.2 Å². The van der Waals surface area contributed by atoms with Crippen molar-refractivity contribution < 1.29 is 13.2 Å². The SMILES string of the molecule is CCNC(=NCCCN1CCC(C)CC1)NCCCCC(F)(F)F.I. The summed E-state index contributed by atoms with van der Waals surface area (Å²) in [5, 5.41) is 6.25. The highest BCUT2D eigenvalue weighted by atomic mass is 127. The Morgan fingerprint density at radius 3 is 2.40 bits per heavy atom. The molecule has 1 rings (SSSR count). The second-order valence-electron chi connectivity index (χ2n) is 6.64. The Kier molecular flexibility index (Phi) is 13.7. The van der Waals surface area contributed by atoms with Crippen molar-refractivity contribution in [2.24, 2.45) is 10.9 Å². The highest BCUT2D eigenvalue weighted by Gasteiger charge is 2.25. The minimum atomic E-state index is -4.05. The van der Waals surface area contributed by atoms with Crippen molar-refractivity contribution in [1.29, 1.82) is 0 Å². The maximum Gasteiger partial charge on any atom is 0.389 e. The summed E-state index contributed by atoms with van der Waals surface area (Å²) < 4.78 is 36.2. The molecule has 0 aromatic rings. The van der Waals surface area contributed by atoms with E-state index in [2.05, 4.69) is 27.4 Å². The fourth-order valence-electron chi connectivity index (χ4n) is 2.77. The van der Waals surface area contributed by atoms with E-state index in [9.17, 15) is 13.2 Å². The Labute approximate surface area is 167 Å². The number of aliphatic imine (C=N–C) groups is 1. The van der Waals surface area contributed by atoms with Crippen molar-refractivity contribution >= 4 is 29.9 Å². The van der Waals surface area contributed by atoms with E-state index in [1.54, 1.807) is 0 Å². The van der Waals surface area contributed by atoms with Gasteiger partial charge in [-0.25, -0.2) is 0 Å². The average Bonchev–Trinajstić information content (AvgIpc) is 2.51. The first-order chi connectivity index (χ1) is 11.4. The van der Waals surface area contributed by atoms with Crippen LogP contribution < -0.4 is 10.6 Å². The molecule has 0 aromatic heterocycles. The van der Waals surface area contributed by atoms with Crippen LogP contribution in [0, 0.1) is 5.92 Å². The molecule has 150 valence electrons. The van der Waals surface area contributed by atoms with E-state index in [-0.39, 0.29) is 30.4 Å². The molecule has 1 fully saturated rings. The maximum atomic E-state index is 12.1. The number of guanidine groups is 1. The number of unbranched alkanes of at least 4 members (excludes halogenated alkanes) is 1. The van der Waals surface area contributed by atoms with Gasteiger partial charge < -0.3 is 15.5 Å². The van der Waals surface area contributed by atoms with E-state index < -0.39 is 12.6 Å². The fourth-order valence-corrected chi connectivity index (χ4v) is 2.77. The van der Waals surface area contributed by atoms with Crippen molar-refractivity contribution in [3.05, 3.63) is 0 Å². The topological polar surface area (TPSA) is 39.7 Å². The average molecular weight is 478 g/mol. The first-order valence-electron chi connectivity index (χ1n) is 9.22. The van der Waals surface area contributed by atoms with Crippen molar-refractivity contribution in [3.8, 4) is 0 Å². The molecule has 4 nitrogen and oxygen atoms in total. The van der Waals surface area contributed by atoms with Crippen LogP contribution in [0.2, 0.25) is 0 Å². The van der Waals surface area contributed by atoms with Crippen LogP contribution in [0.25, 0.3) is 0 Å². The zero-order valence-corrected chi connectivity index (χ0v) is 17.8. The molecular formula is C17H34F3IN4. The summed E-state index contributed by atoms with van der Waals surface area (Å²) in [5.74, 6) is 1.55. The van der Waals surface area contributed by atoms with Gasteiger partial charge in [-0.15, -0.1) is 24.0 Å². The van der Waals surface area contributed by atoms with Crippen LogP contribution in [0.1, 0.15) is 52.4 Å². The van der Waals surface area contributed by atoms with E-state index in [4.69, 9.17) is 0 Å². The fraction of sp³-hybridized carbons (Fsp3) is 0.941. The van der Waals surface area contributed by atoms with E-state index in [0.29, 0.717) is 18.9 Å². The Morgan fingerprint density at radius 1 is 1.12 bits per heavy atom. The molecule has 0 aliphatic carbocycles. The largest absolute Gasteiger partial charge is 0.389 e. The van der Waals surface area contributed by atoms with Gasteiger partial charge in [0.2, 0.25) is 0 Å². The molecule has 0 radical (unpaired) electrons. The van der Waals surface area contributed by atoms with Crippen LogP contribution in [0.4, 0.5) is 13.2 Å². The van der Waals surface area contributed by atoms with E-state index in [1.807, 2.05) is 6.92 Å². The highest BCUT2D eigenvalue weighted by molar-refractivity contribution is 14.0. The second-order valence-corrected chi connectivity index (χ2v) is 6.64. The number of nitrogens with one attached hydrogen (secondary N) is 2. The van der Waals surface area contributed by atoms with Crippen LogP contribution in [-0.2, 0) is 0 Å². The van der Waals surface area contributed by atoms with Gasteiger partial charge in [0.05, 0.1) is 0 Å². The zero-order valence-electron chi connectivity index (χ0n) is 15.5. The molecule has 0 unspecified atom stereocenters. The summed E-state index contributed by atoms with van der Waals surface area (Å²) in [5.41, 5.74) is 0. The zero-order chi connectivity index (χ0) is 17.8. The first kappa shape index (κ1) is 24.8. The smallest absolute Gasteiger partial charge is 0.357 e. The molecule has 8 heteroatoms. The molecule has 0 amide bonds. The summed E-state index contributed by atoms with van der Waals surface area (Å²) in [4.78, 5) is 7.00. The number of likely N-dealkylation sites (tertiary alicyclic amines) is 1. The predicted octanol–water partition coefficient (Wildman–Crippen LogP) is 4.01. The number of nitrogens with zero attached hydrogens (tertiary/aromatic N) is 2. The van der Waals surface area contributed by atoms with Crippen molar-refractivity contribution in [2.45, 2.75) is 58.5 Å². The molecule has 1 aliphatic heterocycles. The number of halogens is 4. The lowest BCUT2D eigenvalue weighted by molar-refractivity contribution is -0.135. The Bertz CT molecular complexity index is 356. The highest BCUT2D eigenvalue weighted by Crippen LogP contribution is 2.21. The van der Waals surface area contributed by atoms with Gasteiger partial charge in [-0.3, -0.25) is 4.99 Å². The second kappa shape index (κ2) is 13.9. The first-order valence-corrected chi connectivity index (χ1v) is 9.22. The van der Waals surface area contributed by atoms with Crippen LogP contribution in [0.5, 0.6) is 0 Å². The number of piperidine rings is 1. The van der Waals surface area contributed by atoms with Gasteiger partial charge in [0.1, 0.15) is 0 Å². The molecule has 0 atom stereocenters. The van der Waals surface area contributed by atoms with Gasteiger partial charge in [0.15, 0.2) is 5.96 Å². The summed E-state index contributed by atoms with van der Waals surface area (Å²) in [6, 6.07) is 0. The minimum Gasteiger partial charge on any atom is -0.357 e. The van der Waals surface area contributed by atoms with Gasteiger partial charge in [0, 0.05) is 26.1 Å². The lowest BCUT2D eigenvalue weighted by Crippen LogP contribution is -2.38. The molecular weight excluding hydrogens is 444 g/mol. The molecule has 0 spiro atoms. The quantitative estimate of drug-likeness (QED) is 0.228. The molecule has 0 aromatic carbocycles. The maximum absolute atomic E-state index is 12.1. The number of hydrogen-bond donors (Lipinski definition) is 2. The number of alkyl halides is 3. The van der Waals surface area contributed by atoms with Crippen LogP contribution in [0.15, 0.2) is 4.99 Å². The van der Waals surface area contributed by atoms with E-state index in [0.717, 1.165) is 32.0 Å². The van der Waals surface area contributed by atoms with Gasteiger partial charge in [-0.05, 0) is 64.6 Å². The molecule has 1 aliphatic rings. The van der Waals surface area contributed by atoms with Crippen LogP contribution in [0.3, 0.4) is 0 Å². The van der Waals surface area contributed by atoms with Crippen LogP contribution in [-0.4, -0.2) is 56.3 Å². The lowest BCUT2D eigenvalue weighted by Gasteiger charge is -2.29. The van der Waals surface area contributed by atoms with Gasteiger partial charge in [-0.1, -0.05) is 6.92 Å². The Balaban J connectivity index is 0.00000576. The van der Waals surface area contributed by atoms with Crippen molar-refractivity contribution in [3.63, 3.8) is 0 Å². The Morgan fingerprint density at radius 2 is 1.80 bits per heavy atom. The van der Waals surface area contributed by atoms with E-state index >= 15 is 0 Å². The Hall–Kier alpha value is -0.250. The predicted molar refractivity (Wildman–Crippen MR) is 109 cm³/mol. The number of hydrogen-bond acceptors (Lipinski definition) is 2. The third-order valence-corrected chi connectivity index (χ3v) is 4.30. The molecule has 1 heterocycles. The van der Waals surface area contributed by atoms with Gasteiger partial charge in [0.25, 0.3) is 0 Å². The standard InChI is InChI=1S/C17H33F3N4.HI/c1-3-21-16(22-10-5-4-9-17(18,19)20)23-11-6-12-24-13-7-15(2)8-14-24;/h15H,3-14H2,1-2H3,(H2,21,22,23);1H. The summed E-state index contributed by atoms with van der Waals surface area (Å²) >= 11 is 0. The van der Waals surface area contributed by atoms with Crippen LogP contribution >= 0.6 is 24.0 Å². The molecule has 2 N–H and O–H groups in total. The minimum absolute atomic E-state index is 0. The monoisotopic (exact) mass is 478 g/mol. The van der Waals surface area contributed by atoms with Crippen molar-refractivity contribution in [1.82, 2.24) is 15.5 Å². The molecule has 25 heavy (non-hydrogen) atoms. The molecule has 0 bridgehead atoms. The molecule has 1 saturated heterocycles. The normalized spacial score (nSPS) is 17.2. The van der Waals surface area contributed by atoms with E-state index in [1.165, 1.54) is 25.9 Å².